The zero-order valence-corrected chi connectivity index (χ0v) is 34.9. The second-order valence-corrected chi connectivity index (χ2v) is 17.8. The van der Waals surface area contributed by atoms with Crippen LogP contribution >= 0.6 is 0 Å². The quantitative estimate of drug-likeness (QED) is 0.109. The van der Waals surface area contributed by atoms with E-state index in [1.807, 2.05) is 0 Å². The molecule has 0 fully saturated rings. The second kappa shape index (κ2) is 20.6. The molecule has 0 aliphatic rings. The van der Waals surface area contributed by atoms with Gasteiger partial charge in [0, 0.05) is 64.1 Å². The lowest BCUT2D eigenvalue weighted by Gasteiger charge is -2.40. The third-order valence-corrected chi connectivity index (χ3v) is 7.12. The van der Waals surface area contributed by atoms with Crippen molar-refractivity contribution in [1.82, 2.24) is 25.8 Å². The van der Waals surface area contributed by atoms with Gasteiger partial charge in [-0.2, -0.15) is 0 Å². The van der Waals surface area contributed by atoms with Crippen LogP contribution in [0, 0.1) is 5.41 Å². The minimum Gasteiger partial charge on any atom is -0.481 e. The molecule has 0 aliphatic heterocycles. The lowest BCUT2D eigenvalue weighted by Crippen LogP contribution is -2.66. The lowest BCUT2D eigenvalue weighted by molar-refractivity contribution is -0.137. The Morgan fingerprint density at radius 1 is 0.574 bits per heavy atom. The average molecular weight is 776 g/mol. The van der Waals surface area contributed by atoms with Crippen molar-refractivity contribution in [3.63, 3.8) is 0 Å². The molecule has 0 saturated heterocycles. The first-order chi connectivity index (χ1) is 24.3. The van der Waals surface area contributed by atoms with Crippen LogP contribution in [-0.2, 0) is 28.5 Å². The van der Waals surface area contributed by atoms with Gasteiger partial charge in [0.2, 0.25) is 5.91 Å². The fraction of sp³-hybridized carbons (Fsp3) is 0.833. The van der Waals surface area contributed by atoms with Gasteiger partial charge in [0.25, 0.3) is 0 Å². The molecule has 314 valence electrons. The summed E-state index contributed by atoms with van der Waals surface area (Å²) < 4.78 is 22.2. The molecular weight excluding hydrogens is 706 g/mol. The maximum atomic E-state index is 13.8. The summed E-state index contributed by atoms with van der Waals surface area (Å²) in [4.78, 5) is 79.5. The van der Waals surface area contributed by atoms with Gasteiger partial charge in [-0.3, -0.25) is 9.59 Å². The number of hydrogen-bond donors (Lipinski definition) is 6. The normalized spacial score (nSPS) is 14.4. The molecule has 5 amide bonds. The topological polar surface area (TPSA) is 254 Å². The van der Waals surface area contributed by atoms with Crippen LogP contribution in [0.25, 0.3) is 0 Å². The molecule has 8 N–H and O–H groups in total. The Bertz CT molecular complexity index is 1270. The van der Waals surface area contributed by atoms with Gasteiger partial charge in [0.1, 0.15) is 22.4 Å². The third kappa shape index (κ3) is 22.9. The van der Waals surface area contributed by atoms with Crippen LogP contribution in [0.2, 0.25) is 0 Å². The van der Waals surface area contributed by atoms with E-state index in [9.17, 15) is 28.8 Å². The Kier molecular flexibility index (Phi) is 19.0. The van der Waals surface area contributed by atoms with E-state index in [0.717, 1.165) is 0 Å². The van der Waals surface area contributed by atoms with Crippen LogP contribution in [0.1, 0.15) is 109 Å². The Labute approximate surface area is 321 Å². The molecule has 2 unspecified atom stereocenters. The van der Waals surface area contributed by atoms with Crippen LogP contribution < -0.4 is 27.4 Å². The largest absolute Gasteiger partial charge is 0.481 e. The summed E-state index contributed by atoms with van der Waals surface area (Å²) in [5.41, 5.74) is 6.64. The standard InChI is InChI=1S/C36H69N7O11/c1-31(2,3)51-27(47)39-21-35(13,19-37)23-42(29(49)53-33(7,8)9)17-18-43(30(50)54-34(10,11)12)24-36(20-38,22-40-28(48)52-32(4,5)6)41-25(44)15-14-16-26(45)46/h14-24,37-38H2,1-13H3,(H,39,47)(H,40,48)(H,41,44)(H,45,46). The predicted molar refractivity (Wildman–Crippen MR) is 203 cm³/mol. The Morgan fingerprint density at radius 3 is 1.35 bits per heavy atom. The molecule has 0 aromatic heterocycles. The number of aliphatic carboxylic acids is 1. The number of carboxylic acid groups (broad SMARTS) is 1. The lowest BCUT2D eigenvalue weighted by atomic mass is 9.90. The van der Waals surface area contributed by atoms with Crippen LogP contribution in [-0.4, -0.2) is 131 Å². The van der Waals surface area contributed by atoms with E-state index < -0.39 is 69.6 Å². The van der Waals surface area contributed by atoms with Crippen LogP contribution in [0.3, 0.4) is 0 Å². The molecule has 18 heteroatoms. The van der Waals surface area contributed by atoms with Gasteiger partial charge >= 0.3 is 30.3 Å². The molecule has 0 spiro atoms. The SMILES string of the molecule is CC(CN)(CNC(=O)OC(C)(C)C)CN(CCN(CC(CN)(CNC(=O)OC(C)(C)C)NC(=O)CCCC(=O)O)C(=O)OC(C)(C)C)C(=O)OC(C)(C)C. The summed E-state index contributed by atoms with van der Waals surface area (Å²) in [5.74, 6) is -1.64. The number of carbonyl (C=O) groups is 6. The van der Waals surface area contributed by atoms with Crippen molar-refractivity contribution in [2.45, 2.75) is 137 Å². The number of carbonyl (C=O) groups excluding carboxylic acids is 5. The highest BCUT2D eigenvalue weighted by Crippen LogP contribution is 2.21. The highest BCUT2D eigenvalue weighted by molar-refractivity contribution is 5.78. The summed E-state index contributed by atoms with van der Waals surface area (Å²) in [6.07, 6.45) is -3.38. The molecule has 0 aromatic carbocycles. The van der Waals surface area contributed by atoms with E-state index in [1.165, 1.54) is 9.80 Å². The number of nitrogens with two attached hydrogens (primary N) is 2. The number of nitrogens with one attached hydrogen (secondary N) is 3. The minimum atomic E-state index is -1.51. The van der Waals surface area contributed by atoms with Gasteiger partial charge in [-0.1, -0.05) is 6.92 Å². The first-order valence-corrected chi connectivity index (χ1v) is 18.1. The number of alkyl carbamates (subject to hydrolysis) is 2. The van der Waals surface area contributed by atoms with Crippen LogP contribution in [0.4, 0.5) is 19.2 Å². The Morgan fingerprint density at radius 2 is 0.981 bits per heavy atom. The highest BCUT2D eigenvalue weighted by Gasteiger charge is 2.38. The van der Waals surface area contributed by atoms with E-state index in [1.54, 1.807) is 90.0 Å². The van der Waals surface area contributed by atoms with E-state index in [4.69, 9.17) is 35.5 Å². The van der Waals surface area contributed by atoms with Crippen molar-refractivity contribution in [1.29, 1.82) is 0 Å². The number of nitrogens with zero attached hydrogens (tertiary/aromatic N) is 2. The Balaban J connectivity index is 6.77. The summed E-state index contributed by atoms with van der Waals surface area (Å²) in [6.45, 7) is 21.0. The van der Waals surface area contributed by atoms with E-state index in [-0.39, 0.29) is 71.6 Å². The molecular formula is C36H69N7O11. The summed E-state index contributed by atoms with van der Waals surface area (Å²) in [7, 11) is 0. The van der Waals surface area contributed by atoms with Crippen molar-refractivity contribution in [3.8, 4) is 0 Å². The maximum Gasteiger partial charge on any atom is 0.410 e. The minimum absolute atomic E-state index is 0.0150. The van der Waals surface area contributed by atoms with E-state index >= 15 is 0 Å². The zero-order valence-electron chi connectivity index (χ0n) is 34.9. The van der Waals surface area contributed by atoms with E-state index in [0.29, 0.717) is 0 Å². The molecule has 0 aromatic rings. The highest BCUT2D eigenvalue weighted by atomic mass is 16.6. The number of carboxylic acids is 1. The Hall–Kier alpha value is -4.06. The van der Waals surface area contributed by atoms with Gasteiger partial charge in [-0.15, -0.1) is 0 Å². The average Bonchev–Trinajstić information content (AvgIpc) is 2.96. The summed E-state index contributed by atoms with van der Waals surface area (Å²) in [6, 6.07) is 0. The molecule has 0 radical (unpaired) electrons. The monoisotopic (exact) mass is 776 g/mol. The predicted octanol–water partition coefficient (Wildman–Crippen LogP) is 3.54. The van der Waals surface area contributed by atoms with Gasteiger partial charge in [-0.25, -0.2) is 19.2 Å². The van der Waals surface area contributed by atoms with Crippen LogP contribution in [0.5, 0.6) is 0 Å². The molecule has 2 atom stereocenters. The van der Waals surface area contributed by atoms with Crippen molar-refractivity contribution >= 4 is 36.2 Å². The van der Waals surface area contributed by atoms with Gasteiger partial charge in [-0.05, 0) is 89.5 Å². The summed E-state index contributed by atoms with van der Waals surface area (Å²) >= 11 is 0. The van der Waals surface area contributed by atoms with Gasteiger partial charge in [0.15, 0.2) is 0 Å². The molecule has 0 saturated carbocycles. The first-order valence-electron chi connectivity index (χ1n) is 18.1. The first kappa shape index (κ1) is 49.9. The molecule has 0 rings (SSSR count). The number of ether oxygens (including phenoxy) is 4. The van der Waals surface area contributed by atoms with Crippen molar-refractivity contribution in [2.24, 2.45) is 16.9 Å². The third-order valence-electron chi connectivity index (χ3n) is 7.12. The van der Waals surface area contributed by atoms with Crippen molar-refractivity contribution in [3.05, 3.63) is 0 Å². The zero-order chi connectivity index (χ0) is 42.3. The van der Waals surface area contributed by atoms with Gasteiger partial charge < -0.3 is 61.3 Å². The van der Waals surface area contributed by atoms with E-state index in [2.05, 4.69) is 16.0 Å². The van der Waals surface area contributed by atoms with Crippen LogP contribution in [0.15, 0.2) is 0 Å². The fourth-order valence-electron chi connectivity index (χ4n) is 4.62. The molecule has 54 heavy (non-hydrogen) atoms. The number of amides is 5. The number of hydrogen-bond acceptors (Lipinski definition) is 12. The molecule has 18 nitrogen and oxygen atoms in total. The van der Waals surface area contributed by atoms with Gasteiger partial charge in [0.05, 0.1) is 12.1 Å². The molecule has 0 heterocycles. The molecule has 0 aliphatic carbocycles. The molecule has 0 bridgehead atoms. The number of rotatable bonds is 18. The second-order valence-electron chi connectivity index (χ2n) is 17.8. The summed E-state index contributed by atoms with van der Waals surface area (Å²) in [5, 5.41) is 17.2. The van der Waals surface area contributed by atoms with Crippen molar-refractivity contribution in [2.75, 3.05) is 52.4 Å². The maximum absolute atomic E-state index is 13.8. The smallest absolute Gasteiger partial charge is 0.410 e. The van der Waals surface area contributed by atoms with Crippen molar-refractivity contribution < 1.29 is 52.8 Å². The fourth-order valence-corrected chi connectivity index (χ4v) is 4.62.